The molecule has 0 rings (SSSR count). The lowest BCUT2D eigenvalue weighted by Gasteiger charge is -2.19. The number of carbonyl (C=O) groups is 1. The van der Waals surface area contributed by atoms with E-state index in [1.807, 2.05) is 6.08 Å². The van der Waals surface area contributed by atoms with Gasteiger partial charge < -0.3 is 15.5 Å². The number of aliphatic hydroxyl groups excluding tert-OH is 2. The number of allylic oxidation sites excluding steroid dienone is 7. The molecule has 4 heteroatoms. The van der Waals surface area contributed by atoms with E-state index in [9.17, 15) is 15.0 Å². The van der Waals surface area contributed by atoms with Crippen molar-refractivity contribution in [3.8, 4) is 0 Å². The van der Waals surface area contributed by atoms with Crippen molar-refractivity contribution in [1.82, 2.24) is 5.32 Å². The average Bonchev–Trinajstić information content (AvgIpc) is 3.15. The summed E-state index contributed by atoms with van der Waals surface area (Å²) >= 11 is 0. The maximum atomic E-state index is 12.4. The van der Waals surface area contributed by atoms with Crippen LogP contribution >= 0.6 is 0 Å². The minimum atomic E-state index is -0.868. The summed E-state index contributed by atoms with van der Waals surface area (Å²) in [6.07, 6.45) is 59.5. The lowest BCUT2D eigenvalue weighted by atomic mass is 10.0. The highest BCUT2D eigenvalue weighted by Gasteiger charge is 2.17. The second kappa shape index (κ2) is 43.8. The molecule has 0 aromatic carbocycles. The van der Waals surface area contributed by atoms with E-state index in [2.05, 4.69) is 55.6 Å². The fourth-order valence-electron chi connectivity index (χ4n) is 6.73. The van der Waals surface area contributed by atoms with Gasteiger partial charge in [0.15, 0.2) is 0 Å². The van der Waals surface area contributed by atoms with Crippen LogP contribution in [0.4, 0.5) is 0 Å². The van der Waals surface area contributed by atoms with Crippen molar-refractivity contribution >= 4 is 5.91 Å². The van der Waals surface area contributed by atoms with Gasteiger partial charge in [0.25, 0.3) is 0 Å². The predicted molar refractivity (Wildman–Crippen MR) is 230 cm³/mol. The Labute approximate surface area is 324 Å². The Hall–Kier alpha value is -1.65. The molecular weight excluding hydrogens is 639 g/mol. The van der Waals surface area contributed by atoms with Crippen molar-refractivity contribution in [1.29, 1.82) is 0 Å². The summed E-state index contributed by atoms with van der Waals surface area (Å²) in [4.78, 5) is 12.4. The summed E-state index contributed by atoms with van der Waals surface area (Å²) in [5.74, 6) is -0.0782. The summed E-state index contributed by atoms with van der Waals surface area (Å²) in [6, 6.07) is -0.644. The van der Waals surface area contributed by atoms with Crippen LogP contribution in [0.25, 0.3) is 0 Å². The van der Waals surface area contributed by atoms with Gasteiger partial charge in [-0.3, -0.25) is 4.79 Å². The highest BCUT2D eigenvalue weighted by atomic mass is 16.3. The van der Waals surface area contributed by atoms with Crippen molar-refractivity contribution < 1.29 is 15.0 Å². The van der Waals surface area contributed by atoms with Gasteiger partial charge in [-0.05, 0) is 70.6 Å². The number of rotatable bonds is 41. The molecule has 0 saturated carbocycles. The van der Waals surface area contributed by atoms with E-state index < -0.39 is 12.1 Å². The SMILES string of the molecule is CCCCC/C=C/CC/C=C/CC/C=C/C(O)C(CO)NC(=O)CCCCCCCCCCCCCCCCC/C=C\CCCCCCCCCC. The topological polar surface area (TPSA) is 69.6 Å². The second-order valence-electron chi connectivity index (χ2n) is 15.4. The van der Waals surface area contributed by atoms with Gasteiger partial charge in [-0.2, -0.15) is 0 Å². The van der Waals surface area contributed by atoms with Gasteiger partial charge in [0, 0.05) is 6.42 Å². The number of aliphatic hydroxyl groups is 2. The first-order valence-corrected chi connectivity index (χ1v) is 22.9. The largest absolute Gasteiger partial charge is 0.394 e. The van der Waals surface area contributed by atoms with Gasteiger partial charge in [-0.15, -0.1) is 0 Å². The molecule has 3 N–H and O–H groups in total. The number of amides is 1. The van der Waals surface area contributed by atoms with Gasteiger partial charge in [-0.1, -0.05) is 204 Å². The second-order valence-corrected chi connectivity index (χ2v) is 15.4. The average molecular weight is 728 g/mol. The number of unbranched alkanes of at least 4 members (excludes halogenated alkanes) is 28. The first kappa shape index (κ1) is 50.4. The molecule has 2 unspecified atom stereocenters. The molecule has 304 valence electrons. The van der Waals surface area contributed by atoms with Crippen LogP contribution < -0.4 is 5.32 Å². The highest BCUT2D eigenvalue weighted by Crippen LogP contribution is 2.15. The van der Waals surface area contributed by atoms with Gasteiger partial charge in [0.2, 0.25) is 5.91 Å². The van der Waals surface area contributed by atoms with Crippen molar-refractivity contribution in [2.24, 2.45) is 0 Å². The molecule has 0 heterocycles. The van der Waals surface area contributed by atoms with E-state index in [0.717, 1.165) is 38.5 Å². The lowest BCUT2D eigenvalue weighted by Crippen LogP contribution is -2.45. The van der Waals surface area contributed by atoms with Gasteiger partial charge in [0.05, 0.1) is 18.8 Å². The summed E-state index contributed by atoms with van der Waals surface area (Å²) in [5, 5.41) is 22.9. The number of nitrogens with one attached hydrogen (secondary N) is 1. The molecule has 0 aliphatic rings. The molecule has 52 heavy (non-hydrogen) atoms. The Morgan fingerprint density at radius 2 is 0.750 bits per heavy atom. The van der Waals surface area contributed by atoms with Crippen LogP contribution in [-0.4, -0.2) is 34.9 Å². The number of hydrogen-bond donors (Lipinski definition) is 3. The molecule has 0 aromatic heterocycles. The standard InChI is InChI=1S/C48H89NO3/c1-3-5-7-9-11-13-15-17-18-19-20-21-22-23-24-25-26-27-28-29-30-32-34-36-38-40-42-44-48(52)49-46(45-50)47(51)43-41-39-37-35-33-31-16-14-12-10-8-6-4-2/h12,14,19-20,33,35,41,43,46-47,50-51H,3-11,13,15-18,21-32,34,36-40,42,44-45H2,1-2H3,(H,49,52)/b14-12+,20-19-,35-33+,43-41+. The Kier molecular flexibility index (Phi) is 42.4. The van der Waals surface area contributed by atoms with Gasteiger partial charge >= 0.3 is 0 Å². The normalized spacial score (nSPS) is 13.4. The summed E-state index contributed by atoms with van der Waals surface area (Å²) in [5.41, 5.74) is 0. The molecule has 0 aliphatic heterocycles. The molecule has 0 spiro atoms. The third-order valence-corrected chi connectivity index (χ3v) is 10.3. The quantitative estimate of drug-likeness (QED) is 0.0434. The van der Waals surface area contributed by atoms with Gasteiger partial charge in [0.1, 0.15) is 0 Å². The van der Waals surface area contributed by atoms with E-state index in [1.54, 1.807) is 6.08 Å². The first-order valence-electron chi connectivity index (χ1n) is 22.9. The van der Waals surface area contributed by atoms with Crippen molar-refractivity contribution in [3.63, 3.8) is 0 Å². The van der Waals surface area contributed by atoms with E-state index in [0.29, 0.717) is 6.42 Å². The van der Waals surface area contributed by atoms with Crippen molar-refractivity contribution in [2.75, 3.05) is 6.61 Å². The van der Waals surface area contributed by atoms with Crippen LogP contribution in [0, 0.1) is 0 Å². The lowest BCUT2D eigenvalue weighted by molar-refractivity contribution is -0.123. The molecule has 0 fully saturated rings. The minimum absolute atomic E-state index is 0.0782. The summed E-state index contributed by atoms with van der Waals surface area (Å²) < 4.78 is 0. The van der Waals surface area contributed by atoms with Crippen LogP contribution in [0.15, 0.2) is 48.6 Å². The number of carbonyl (C=O) groups excluding carboxylic acids is 1. The molecule has 2 atom stereocenters. The van der Waals surface area contributed by atoms with Crippen molar-refractivity contribution in [3.05, 3.63) is 48.6 Å². The highest BCUT2D eigenvalue weighted by molar-refractivity contribution is 5.76. The van der Waals surface area contributed by atoms with Crippen molar-refractivity contribution in [2.45, 2.75) is 244 Å². The number of hydrogen-bond acceptors (Lipinski definition) is 3. The van der Waals surface area contributed by atoms with Gasteiger partial charge in [-0.25, -0.2) is 0 Å². The first-order chi connectivity index (χ1) is 25.7. The van der Waals surface area contributed by atoms with Crippen LogP contribution in [0.5, 0.6) is 0 Å². The minimum Gasteiger partial charge on any atom is -0.394 e. The van der Waals surface area contributed by atoms with Crippen LogP contribution in [-0.2, 0) is 4.79 Å². The van der Waals surface area contributed by atoms with Crippen LogP contribution in [0.3, 0.4) is 0 Å². The molecule has 4 nitrogen and oxygen atoms in total. The third-order valence-electron chi connectivity index (χ3n) is 10.3. The van der Waals surface area contributed by atoms with E-state index in [1.165, 1.54) is 173 Å². The maximum Gasteiger partial charge on any atom is 0.220 e. The molecule has 1 amide bonds. The van der Waals surface area contributed by atoms with E-state index in [4.69, 9.17) is 0 Å². The molecule has 0 aliphatic carbocycles. The monoisotopic (exact) mass is 728 g/mol. The Morgan fingerprint density at radius 1 is 0.442 bits per heavy atom. The maximum absolute atomic E-state index is 12.4. The zero-order valence-corrected chi connectivity index (χ0v) is 34.8. The Balaban J connectivity index is 3.52. The Morgan fingerprint density at radius 3 is 1.15 bits per heavy atom. The third kappa shape index (κ3) is 39.6. The fraction of sp³-hybridized carbons (Fsp3) is 0.812. The fourth-order valence-corrected chi connectivity index (χ4v) is 6.73. The summed E-state index contributed by atoms with van der Waals surface area (Å²) in [7, 11) is 0. The molecule has 0 bridgehead atoms. The van der Waals surface area contributed by atoms with E-state index >= 15 is 0 Å². The smallest absolute Gasteiger partial charge is 0.220 e. The Bertz CT molecular complexity index is 831. The zero-order chi connectivity index (χ0) is 37.8. The zero-order valence-electron chi connectivity index (χ0n) is 34.8. The van der Waals surface area contributed by atoms with Crippen LogP contribution in [0.1, 0.15) is 232 Å². The van der Waals surface area contributed by atoms with Crippen LogP contribution in [0.2, 0.25) is 0 Å². The molecular formula is C48H89NO3. The van der Waals surface area contributed by atoms with E-state index in [-0.39, 0.29) is 12.5 Å². The molecule has 0 aromatic rings. The molecule has 0 radical (unpaired) electrons. The summed E-state index contributed by atoms with van der Waals surface area (Å²) in [6.45, 7) is 4.26. The predicted octanol–water partition coefficient (Wildman–Crippen LogP) is 14.4. The molecule has 0 saturated heterocycles.